The number of ether oxygens (including phenoxy) is 1. The van der Waals surface area contributed by atoms with E-state index in [-0.39, 0.29) is 23.9 Å². The van der Waals surface area contributed by atoms with E-state index in [4.69, 9.17) is 4.74 Å². The minimum Gasteiger partial charge on any atom is -0.450 e. The Kier molecular flexibility index (Phi) is 8.83. The third-order valence-corrected chi connectivity index (χ3v) is 5.31. The highest BCUT2D eigenvalue weighted by molar-refractivity contribution is 14.1. The minimum atomic E-state index is -0.286. The van der Waals surface area contributed by atoms with Crippen LogP contribution in [0, 0.1) is 3.57 Å². The summed E-state index contributed by atoms with van der Waals surface area (Å²) in [6.07, 6.45) is 2.13. The van der Waals surface area contributed by atoms with E-state index in [0.717, 1.165) is 16.4 Å². The molecule has 1 aromatic carbocycles. The van der Waals surface area contributed by atoms with E-state index in [1.54, 1.807) is 17.9 Å². The zero-order chi connectivity index (χ0) is 19.6. The Hall–Kier alpha value is -1.84. The van der Waals surface area contributed by atoms with Crippen LogP contribution < -0.4 is 10.6 Å². The average molecular weight is 487 g/mol. The van der Waals surface area contributed by atoms with Gasteiger partial charge in [0.2, 0.25) is 5.91 Å². The normalized spacial score (nSPS) is 14.5. The van der Waals surface area contributed by atoms with Crippen LogP contribution in [0.2, 0.25) is 0 Å². The first kappa shape index (κ1) is 21.5. The Morgan fingerprint density at radius 2 is 1.93 bits per heavy atom. The highest BCUT2D eigenvalue weighted by atomic mass is 127. The van der Waals surface area contributed by atoms with Crippen molar-refractivity contribution in [2.24, 2.45) is 0 Å². The highest BCUT2D eigenvalue weighted by Gasteiger charge is 2.24. The summed E-state index contributed by atoms with van der Waals surface area (Å²) in [7, 11) is 0. The van der Waals surface area contributed by atoms with E-state index < -0.39 is 0 Å². The maximum atomic E-state index is 12.1. The quantitative estimate of drug-likeness (QED) is 0.457. The van der Waals surface area contributed by atoms with Crippen molar-refractivity contribution in [1.29, 1.82) is 0 Å². The summed E-state index contributed by atoms with van der Waals surface area (Å²) >= 11 is 2.13. The Balaban J connectivity index is 1.61. The third kappa shape index (κ3) is 7.00. The number of halogens is 1. The molecule has 1 fully saturated rings. The molecule has 3 amide bonds. The van der Waals surface area contributed by atoms with Gasteiger partial charge in [-0.05, 0) is 60.9 Å². The molecule has 0 bridgehead atoms. The second-order valence-corrected chi connectivity index (χ2v) is 7.53. The Labute approximate surface area is 173 Å². The van der Waals surface area contributed by atoms with Gasteiger partial charge in [0.1, 0.15) is 0 Å². The summed E-state index contributed by atoms with van der Waals surface area (Å²) in [5.74, 6) is -0.139. The predicted molar refractivity (Wildman–Crippen MR) is 110 cm³/mol. The number of rotatable bonds is 7. The number of benzene rings is 1. The van der Waals surface area contributed by atoms with E-state index in [9.17, 15) is 14.4 Å². The molecule has 2 N–H and O–H groups in total. The van der Waals surface area contributed by atoms with Crippen molar-refractivity contribution in [2.45, 2.75) is 38.6 Å². The molecular weight excluding hydrogens is 461 g/mol. The summed E-state index contributed by atoms with van der Waals surface area (Å²) < 4.78 is 5.89. The lowest BCUT2D eigenvalue weighted by molar-refractivity contribution is -0.122. The minimum absolute atomic E-state index is 0.0203. The van der Waals surface area contributed by atoms with Crippen LogP contribution in [0.1, 0.15) is 43.0 Å². The van der Waals surface area contributed by atoms with Crippen LogP contribution in [-0.4, -0.2) is 55.1 Å². The molecule has 0 spiro atoms. The van der Waals surface area contributed by atoms with Crippen LogP contribution in [0.15, 0.2) is 24.3 Å². The SMILES string of the molecule is CCOC(=O)N1CCC(NC(=O)CCCNC(=O)c2ccccc2I)CC1. The third-order valence-electron chi connectivity index (χ3n) is 4.37. The Morgan fingerprint density at radius 3 is 2.59 bits per heavy atom. The molecule has 1 aromatic rings. The maximum Gasteiger partial charge on any atom is 0.409 e. The molecule has 0 radical (unpaired) electrons. The van der Waals surface area contributed by atoms with Gasteiger partial charge >= 0.3 is 6.09 Å². The van der Waals surface area contributed by atoms with Gasteiger partial charge in [0, 0.05) is 35.7 Å². The second-order valence-electron chi connectivity index (χ2n) is 6.37. The lowest BCUT2D eigenvalue weighted by atomic mass is 10.1. The molecule has 1 aliphatic rings. The van der Waals surface area contributed by atoms with Crippen LogP contribution in [0.4, 0.5) is 4.79 Å². The Morgan fingerprint density at radius 1 is 1.22 bits per heavy atom. The molecule has 0 aliphatic carbocycles. The van der Waals surface area contributed by atoms with E-state index in [1.807, 2.05) is 18.2 Å². The lowest BCUT2D eigenvalue weighted by Crippen LogP contribution is -2.46. The molecule has 0 atom stereocenters. The van der Waals surface area contributed by atoms with Crippen molar-refractivity contribution in [3.8, 4) is 0 Å². The van der Waals surface area contributed by atoms with E-state index in [0.29, 0.717) is 44.6 Å². The van der Waals surface area contributed by atoms with Gasteiger partial charge in [-0.15, -0.1) is 0 Å². The number of carbonyl (C=O) groups is 3. The molecule has 1 saturated heterocycles. The first-order chi connectivity index (χ1) is 13.0. The standard InChI is InChI=1S/C19H26IN3O4/c1-2-27-19(26)23-12-9-14(10-13-23)22-17(24)8-5-11-21-18(25)15-6-3-4-7-16(15)20/h3-4,6-7,14H,2,5,8-13H2,1H3,(H,21,25)(H,22,24). The molecule has 0 saturated carbocycles. The highest BCUT2D eigenvalue weighted by Crippen LogP contribution is 2.12. The maximum absolute atomic E-state index is 12.1. The van der Waals surface area contributed by atoms with Crippen LogP contribution in [0.5, 0.6) is 0 Å². The van der Waals surface area contributed by atoms with Crippen LogP contribution in [0.25, 0.3) is 0 Å². The largest absolute Gasteiger partial charge is 0.450 e. The second kappa shape index (κ2) is 11.1. The summed E-state index contributed by atoms with van der Waals surface area (Å²) in [5, 5.41) is 5.85. The zero-order valence-corrected chi connectivity index (χ0v) is 17.7. The van der Waals surface area contributed by atoms with Gasteiger partial charge < -0.3 is 20.3 Å². The van der Waals surface area contributed by atoms with Crippen molar-refractivity contribution in [3.63, 3.8) is 0 Å². The van der Waals surface area contributed by atoms with Crippen molar-refractivity contribution >= 4 is 40.5 Å². The van der Waals surface area contributed by atoms with E-state index >= 15 is 0 Å². The van der Waals surface area contributed by atoms with Crippen LogP contribution in [0.3, 0.4) is 0 Å². The molecule has 148 valence electrons. The zero-order valence-electron chi connectivity index (χ0n) is 15.5. The number of hydrogen-bond donors (Lipinski definition) is 2. The van der Waals surface area contributed by atoms with Crippen LogP contribution >= 0.6 is 22.6 Å². The summed E-state index contributed by atoms with van der Waals surface area (Å²) in [6.45, 7) is 3.80. The van der Waals surface area contributed by atoms with E-state index in [2.05, 4.69) is 33.2 Å². The molecule has 27 heavy (non-hydrogen) atoms. The topological polar surface area (TPSA) is 87.7 Å². The fourth-order valence-corrected chi connectivity index (χ4v) is 3.54. The van der Waals surface area contributed by atoms with Crippen molar-refractivity contribution in [3.05, 3.63) is 33.4 Å². The van der Waals surface area contributed by atoms with Crippen molar-refractivity contribution < 1.29 is 19.1 Å². The predicted octanol–water partition coefficient (Wildman–Crippen LogP) is 2.54. The van der Waals surface area contributed by atoms with Gasteiger partial charge in [0.15, 0.2) is 0 Å². The molecule has 1 heterocycles. The fraction of sp³-hybridized carbons (Fsp3) is 0.526. The van der Waals surface area contributed by atoms with Gasteiger partial charge in [0.05, 0.1) is 12.2 Å². The van der Waals surface area contributed by atoms with Crippen molar-refractivity contribution in [1.82, 2.24) is 15.5 Å². The van der Waals surface area contributed by atoms with Gasteiger partial charge in [-0.1, -0.05) is 12.1 Å². The molecule has 0 unspecified atom stereocenters. The number of piperidine rings is 1. The number of nitrogens with one attached hydrogen (secondary N) is 2. The molecule has 2 rings (SSSR count). The van der Waals surface area contributed by atoms with Gasteiger partial charge in [-0.3, -0.25) is 9.59 Å². The van der Waals surface area contributed by atoms with E-state index in [1.165, 1.54) is 0 Å². The summed E-state index contributed by atoms with van der Waals surface area (Å²) in [6, 6.07) is 7.48. The molecule has 1 aliphatic heterocycles. The number of carbonyl (C=O) groups excluding carboxylic acids is 3. The smallest absolute Gasteiger partial charge is 0.409 e. The van der Waals surface area contributed by atoms with Crippen molar-refractivity contribution in [2.75, 3.05) is 26.2 Å². The van der Waals surface area contributed by atoms with Gasteiger partial charge in [0.25, 0.3) is 5.91 Å². The first-order valence-corrected chi connectivity index (χ1v) is 10.3. The van der Waals surface area contributed by atoms with Crippen LogP contribution in [-0.2, 0) is 9.53 Å². The molecule has 8 heteroatoms. The summed E-state index contributed by atoms with van der Waals surface area (Å²) in [5.41, 5.74) is 0.649. The fourth-order valence-electron chi connectivity index (χ4n) is 2.91. The number of hydrogen-bond acceptors (Lipinski definition) is 4. The number of amides is 3. The average Bonchev–Trinajstić information content (AvgIpc) is 2.66. The lowest BCUT2D eigenvalue weighted by Gasteiger charge is -2.31. The van der Waals surface area contributed by atoms with Gasteiger partial charge in [-0.2, -0.15) is 0 Å². The molecule has 0 aromatic heterocycles. The molecular formula is C19H26IN3O4. The number of nitrogens with zero attached hydrogens (tertiary/aromatic N) is 1. The summed E-state index contributed by atoms with van der Waals surface area (Å²) in [4.78, 5) is 37.5. The Bertz CT molecular complexity index is 660. The number of likely N-dealkylation sites (tertiary alicyclic amines) is 1. The monoisotopic (exact) mass is 487 g/mol. The molecule has 7 nitrogen and oxygen atoms in total. The van der Waals surface area contributed by atoms with Gasteiger partial charge in [-0.25, -0.2) is 4.79 Å². The first-order valence-electron chi connectivity index (χ1n) is 9.25.